The molecule has 0 fully saturated rings. The number of nitrogens with zero attached hydrogens (tertiary/aromatic N) is 2. The molecule has 0 saturated carbocycles. The van der Waals surface area contributed by atoms with Crippen molar-refractivity contribution < 1.29 is 4.42 Å². The van der Waals surface area contributed by atoms with Crippen LogP contribution >= 0.6 is 0 Å². The first-order valence-corrected chi connectivity index (χ1v) is 9.23. The first kappa shape index (κ1) is 16.2. The van der Waals surface area contributed by atoms with Gasteiger partial charge in [0, 0.05) is 25.0 Å². The molecule has 1 aliphatic heterocycles. The maximum Gasteiger partial charge on any atom is 0.117 e. The van der Waals surface area contributed by atoms with Gasteiger partial charge in [-0.1, -0.05) is 38.1 Å². The summed E-state index contributed by atoms with van der Waals surface area (Å²) in [6.07, 6.45) is 5.13. The van der Waals surface area contributed by atoms with Crippen LogP contribution in [-0.2, 0) is 13.1 Å². The summed E-state index contributed by atoms with van der Waals surface area (Å²) in [4.78, 5) is 2.54. The van der Waals surface area contributed by atoms with Crippen LogP contribution in [0.15, 0.2) is 65.4 Å². The van der Waals surface area contributed by atoms with Crippen LogP contribution in [0.4, 0.5) is 0 Å². The maximum absolute atomic E-state index is 5.63. The van der Waals surface area contributed by atoms with E-state index >= 15 is 0 Å². The van der Waals surface area contributed by atoms with Gasteiger partial charge in [0.15, 0.2) is 0 Å². The van der Waals surface area contributed by atoms with Gasteiger partial charge in [-0.2, -0.15) is 0 Å². The summed E-state index contributed by atoms with van der Waals surface area (Å²) in [6, 6.07) is 17.9. The number of rotatable bonds is 4. The summed E-state index contributed by atoms with van der Waals surface area (Å²) >= 11 is 0. The second kappa shape index (κ2) is 6.93. The second-order valence-electron chi connectivity index (χ2n) is 7.25. The van der Waals surface area contributed by atoms with Crippen LogP contribution in [0.1, 0.15) is 54.8 Å². The molecule has 0 radical (unpaired) electrons. The molecule has 1 aliphatic rings. The van der Waals surface area contributed by atoms with Crippen LogP contribution in [0.25, 0.3) is 0 Å². The van der Waals surface area contributed by atoms with Gasteiger partial charge in [0.05, 0.1) is 18.8 Å². The molecule has 130 valence electrons. The number of fused-ring (bicyclic) bond motifs is 1. The molecule has 4 rings (SSSR count). The fraction of sp³-hybridized carbons (Fsp3) is 0.364. The lowest BCUT2D eigenvalue weighted by Crippen LogP contribution is -2.29. The minimum atomic E-state index is 0.267. The van der Waals surface area contributed by atoms with Crippen molar-refractivity contribution in [3.63, 3.8) is 0 Å². The van der Waals surface area contributed by atoms with E-state index in [9.17, 15) is 0 Å². The summed E-state index contributed by atoms with van der Waals surface area (Å²) in [5.41, 5.74) is 4.13. The molecule has 0 aliphatic carbocycles. The summed E-state index contributed by atoms with van der Waals surface area (Å²) < 4.78 is 8.04. The number of aromatic nitrogens is 1. The van der Waals surface area contributed by atoms with Crippen LogP contribution in [0.2, 0.25) is 0 Å². The predicted octanol–water partition coefficient (Wildman–Crippen LogP) is 5.20. The SMILES string of the molecule is CC(C)c1ccc([C@@H]2c3cccn3CCCN2Cc2ccco2)cc1. The van der Waals surface area contributed by atoms with Crippen molar-refractivity contribution in [3.05, 3.63) is 83.6 Å². The van der Waals surface area contributed by atoms with Crippen molar-refractivity contribution in [2.24, 2.45) is 0 Å². The monoisotopic (exact) mass is 334 g/mol. The first-order chi connectivity index (χ1) is 12.2. The second-order valence-corrected chi connectivity index (χ2v) is 7.25. The normalized spacial score (nSPS) is 18.3. The fourth-order valence-corrected chi connectivity index (χ4v) is 3.86. The standard InChI is InChI=1S/C22H26N2O/c1-17(2)18-8-10-19(11-9-18)22-21-7-3-12-23(21)13-5-14-24(22)16-20-6-4-15-25-20/h3-4,6-12,15,17,22H,5,13-14,16H2,1-2H3/t22-/m1/s1. The van der Waals surface area contributed by atoms with Gasteiger partial charge >= 0.3 is 0 Å². The van der Waals surface area contributed by atoms with Gasteiger partial charge in [0.1, 0.15) is 5.76 Å². The van der Waals surface area contributed by atoms with Crippen LogP contribution in [-0.4, -0.2) is 16.0 Å². The fourth-order valence-electron chi connectivity index (χ4n) is 3.86. The van der Waals surface area contributed by atoms with Crippen molar-refractivity contribution in [2.45, 2.75) is 45.3 Å². The highest BCUT2D eigenvalue weighted by molar-refractivity contribution is 5.33. The topological polar surface area (TPSA) is 21.3 Å². The van der Waals surface area contributed by atoms with Crippen LogP contribution in [0, 0.1) is 0 Å². The van der Waals surface area contributed by atoms with Gasteiger partial charge in [0.25, 0.3) is 0 Å². The molecule has 0 amide bonds. The lowest BCUT2D eigenvalue weighted by atomic mass is 9.96. The molecule has 1 aromatic carbocycles. The van der Waals surface area contributed by atoms with E-state index in [1.54, 1.807) is 6.26 Å². The number of furan rings is 1. The number of hydrogen-bond acceptors (Lipinski definition) is 2. The van der Waals surface area contributed by atoms with Gasteiger partial charge in [-0.15, -0.1) is 0 Å². The quantitative estimate of drug-likeness (QED) is 0.654. The largest absolute Gasteiger partial charge is 0.468 e. The highest BCUT2D eigenvalue weighted by Gasteiger charge is 2.27. The van der Waals surface area contributed by atoms with Crippen molar-refractivity contribution >= 4 is 0 Å². The molecule has 3 heterocycles. The molecule has 0 saturated heterocycles. The Morgan fingerprint density at radius 2 is 1.88 bits per heavy atom. The Morgan fingerprint density at radius 3 is 2.60 bits per heavy atom. The van der Waals surface area contributed by atoms with Gasteiger partial charge < -0.3 is 8.98 Å². The zero-order valence-corrected chi connectivity index (χ0v) is 15.1. The van der Waals surface area contributed by atoms with Gasteiger partial charge in [-0.05, 0) is 47.7 Å². The molecule has 0 unspecified atom stereocenters. The lowest BCUT2D eigenvalue weighted by Gasteiger charge is -2.30. The third-order valence-corrected chi connectivity index (χ3v) is 5.21. The Bertz CT molecular complexity index is 799. The van der Waals surface area contributed by atoms with E-state index in [-0.39, 0.29) is 6.04 Å². The molecule has 0 bridgehead atoms. The van der Waals surface area contributed by atoms with Crippen LogP contribution < -0.4 is 0 Å². The van der Waals surface area contributed by atoms with E-state index in [2.05, 4.69) is 72.0 Å². The Kier molecular flexibility index (Phi) is 4.50. The average Bonchev–Trinajstić information content (AvgIpc) is 3.25. The van der Waals surface area contributed by atoms with Crippen LogP contribution in [0.3, 0.4) is 0 Å². The number of benzene rings is 1. The van der Waals surface area contributed by atoms with Crippen LogP contribution in [0.5, 0.6) is 0 Å². The maximum atomic E-state index is 5.63. The first-order valence-electron chi connectivity index (χ1n) is 9.23. The number of aryl methyl sites for hydroxylation is 1. The Labute approximate surface area is 149 Å². The molecule has 1 atom stereocenters. The lowest BCUT2D eigenvalue weighted by molar-refractivity contribution is 0.203. The highest BCUT2D eigenvalue weighted by Crippen LogP contribution is 2.33. The third-order valence-electron chi connectivity index (χ3n) is 5.21. The summed E-state index contributed by atoms with van der Waals surface area (Å²) in [5.74, 6) is 1.59. The van der Waals surface area contributed by atoms with Crippen molar-refractivity contribution in [1.29, 1.82) is 0 Å². The third kappa shape index (κ3) is 3.29. The van der Waals surface area contributed by atoms with Crippen molar-refractivity contribution in [2.75, 3.05) is 6.54 Å². The van der Waals surface area contributed by atoms with Crippen molar-refractivity contribution in [3.8, 4) is 0 Å². The molecule has 3 heteroatoms. The Hall–Kier alpha value is -2.26. The highest BCUT2D eigenvalue weighted by atomic mass is 16.3. The Morgan fingerprint density at radius 1 is 1.04 bits per heavy atom. The summed E-state index contributed by atoms with van der Waals surface area (Å²) in [7, 11) is 0. The van der Waals surface area contributed by atoms with E-state index in [1.807, 2.05) is 6.07 Å². The average molecular weight is 334 g/mol. The van der Waals surface area contributed by atoms with E-state index in [4.69, 9.17) is 4.42 Å². The van der Waals surface area contributed by atoms with Crippen molar-refractivity contribution in [1.82, 2.24) is 9.47 Å². The van der Waals surface area contributed by atoms with E-state index < -0.39 is 0 Å². The minimum absolute atomic E-state index is 0.267. The Balaban J connectivity index is 1.72. The summed E-state index contributed by atoms with van der Waals surface area (Å²) in [5, 5.41) is 0. The minimum Gasteiger partial charge on any atom is -0.468 e. The summed E-state index contributed by atoms with van der Waals surface area (Å²) in [6.45, 7) is 7.48. The molecular formula is C22H26N2O. The molecule has 25 heavy (non-hydrogen) atoms. The molecule has 3 aromatic rings. The predicted molar refractivity (Wildman–Crippen MR) is 101 cm³/mol. The van der Waals surface area contributed by atoms with Gasteiger partial charge in [0.2, 0.25) is 0 Å². The zero-order valence-electron chi connectivity index (χ0n) is 15.1. The molecule has 2 aromatic heterocycles. The molecular weight excluding hydrogens is 308 g/mol. The molecule has 3 nitrogen and oxygen atoms in total. The smallest absolute Gasteiger partial charge is 0.117 e. The van der Waals surface area contributed by atoms with Gasteiger partial charge in [-0.3, -0.25) is 4.90 Å². The molecule has 0 N–H and O–H groups in total. The van der Waals surface area contributed by atoms with E-state index in [0.29, 0.717) is 5.92 Å². The number of hydrogen-bond donors (Lipinski definition) is 0. The van der Waals surface area contributed by atoms with E-state index in [1.165, 1.54) is 16.8 Å². The van der Waals surface area contributed by atoms with E-state index in [0.717, 1.165) is 31.8 Å². The molecule has 0 spiro atoms. The van der Waals surface area contributed by atoms with Gasteiger partial charge in [-0.25, -0.2) is 0 Å². The zero-order chi connectivity index (χ0) is 17.2.